The molecule has 0 aliphatic carbocycles. The van der Waals surface area contributed by atoms with Crippen molar-refractivity contribution in [3.05, 3.63) is 0 Å². The maximum absolute atomic E-state index is 12.1. The van der Waals surface area contributed by atoms with Crippen molar-refractivity contribution in [2.75, 3.05) is 26.2 Å². The molecule has 0 aliphatic heterocycles. The Labute approximate surface area is 109 Å². The minimum absolute atomic E-state index is 0.122. The van der Waals surface area contributed by atoms with Crippen LogP contribution in [0.15, 0.2) is 0 Å². The molecule has 0 fully saturated rings. The number of nitrogens with one attached hydrogen (secondary N) is 1. The first-order valence-corrected chi connectivity index (χ1v) is 6.63. The van der Waals surface area contributed by atoms with Gasteiger partial charge in [0.1, 0.15) is 0 Å². The lowest BCUT2D eigenvalue weighted by Crippen LogP contribution is -2.45. The van der Waals surface area contributed by atoms with Crippen LogP contribution in [0.25, 0.3) is 0 Å². The largest absolute Gasteiger partial charge is 0.401 e. The second kappa shape index (κ2) is 8.00. The molecule has 1 unspecified atom stereocenters. The molecule has 0 rings (SSSR count). The van der Waals surface area contributed by atoms with Crippen LogP contribution in [0.1, 0.15) is 34.6 Å². The van der Waals surface area contributed by atoms with E-state index in [9.17, 15) is 13.2 Å². The zero-order chi connectivity index (χ0) is 14.3. The molecular weight excluding hydrogens is 241 g/mol. The maximum atomic E-state index is 12.1. The molecule has 0 spiro atoms. The predicted octanol–water partition coefficient (Wildman–Crippen LogP) is 3.14. The van der Waals surface area contributed by atoms with Crippen LogP contribution in [0.2, 0.25) is 0 Å². The zero-order valence-corrected chi connectivity index (χ0v) is 12.1. The summed E-state index contributed by atoms with van der Waals surface area (Å²) >= 11 is 0. The number of alkyl halides is 3. The molecule has 2 nitrogen and oxygen atoms in total. The molecule has 5 heteroatoms. The average molecular weight is 268 g/mol. The van der Waals surface area contributed by atoms with Gasteiger partial charge >= 0.3 is 6.18 Å². The highest BCUT2D eigenvalue weighted by Gasteiger charge is 2.27. The van der Waals surface area contributed by atoms with Gasteiger partial charge in [0.2, 0.25) is 0 Å². The summed E-state index contributed by atoms with van der Waals surface area (Å²) in [4.78, 5) is 2.26. The summed E-state index contributed by atoms with van der Waals surface area (Å²) in [6, 6.07) is 0.122. The summed E-state index contributed by atoms with van der Waals surface area (Å²) in [5, 5.41) is 2.49. The number of hydrogen-bond donors (Lipinski definition) is 1. The van der Waals surface area contributed by atoms with E-state index < -0.39 is 12.7 Å². The quantitative estimate of drug-likeness (QED) is 0.727. The van der Waals surface area contributed by atoms with Gasteiger partial charge in [-0.1, -0.05) is 27.7 Å². The van der Waals surface area contributed by atoms with Crippen LogP contribution in [-0.4, -0.2) is 43.3 Å². The van der Waals surface area contributed by atoms with Crippen molar-refractivity contribution in [2.24, 2.45) is 11.8 Å². The molecule has 0 aromatic heterocycles. The fraction of sp³-hybridized carbons (Fsp3) is 1.00. The van der Waals surface area contributed by atoms with E-state index in [-0.39, 0.29) is 6.04 Å². The SMILES string of the molecule is CC(C)CN(CC(C)C)C(C)CNCC(F)(F)F. The van der Waals surface area contributed by atoms with Crippen LogP contribution in [-0.2, 0) is 0 Å². The van der Waals surface area contributed by atoms with Crippen LogP contribution in [0.3, 0.4) is 0 Å². The minimum atomic E-state index is -4.12. The molecule has 0 bridgehead atoms. The van der Waals surface area contributed by atoms with E-state index in [4.69, 9.17) is 0 Å². The first-order chi connectivity index (χ1) is 8.11. The standard InChI is InChI=1S/C13H27F3N2/c1-10(2)7-18(8-11(3)4)12(5)6-17-9-13(14,15)16/h10-12,17H,6-9H2,1-5H3. The fourth-order valence-electron chi connectivity index (χ4n) is 1.92. The number of hydrogen-bond acceptors (Lipinski definition) is 2. The van der Waals surface area contributed by atoms with Crippen molar-refractivity contribution >= 4 is 0 Å². The number of rotatable bonds is 8. The number of halogens is 3. The summed E-state index contributed by atoms with van der Waals surface area (Å²) in [7, 11) is 0. The van der Waals surface area contributed by atoms with E-state index in [2.05, 4.69) is 37.9 Å². The first-order valence-electron chi connectivity index (χ1n) is 6.63. The summed E-state index contributed by atoms with van der Waals surface area (Å²) in [6.45, 7) is 11.8. The lowest BCUT2D eigenvalue weighted by atomic mass is 10.1. The molecule has 1 atom stereocenters. The van der Waals surface area contributed by atoms with Crippen molar-refractivity contribution in [2.45, 2.75) is 46.8 Å². The Morgan fingerprint density at radius 3 is 1.72 bits per heavy atom. The number of nitrogens with zero attached hydrogens (tertiary/aromatic N) is 1. The minimum Gasteiger partial charge on any atom is -0.307 e. The van der Waals surface area contributed by atoms with Gasteiger partial charge in [-0.25, -0.2) is 0 Å². The highest BCUT2D eigenvalue weighted by Crippen LogP contribution is 2.13. The molecule has 0 saturated heterocycles. The third-order valence-electron chi connectivity index (χ3n) is 2.59. The second-order valence-electron chi connectivity index (χ2n) is 5.84. The van der Waals surface area contributed by atoms with Gasteiger partial charge in [0.05, 0.1) is 6.54 Å². The molecule has 18 heavy (non-hydrogen) atoms. The highest BCUT2D eigenvalue weighted by molar-refractivity contribution is 4.73. The second-order valence-corrected chi connectivity index (χ2v) is 5.84. The predicted molar refractivity (Wildman–Crippen MR) is 69.6 cm³/mol. The van der Waals surface area contributed by atoms with E-state index in [0.717, 1.165) is 13.1 Å². The maximum Gasteiger partial charge on any atom is 0.401 e. The van der Waals surface area contributed by atoms with Gasteiger partial charge in [-0.3, -0.25) is 4.90 Å². The van der Waals surface area contributed by atoms with E-state index in [1.807, 2.05) is 6.92 Å². The third kappa shape index (κ3) is 9.71. The molecular formula is C13H27F3N2. The normalized spacial score (nSPS) is 14.8. The first kappa shape index (κ1) is 17.7. The van der Waals surface area contributed by atoms with Gasteiger partial charge in [0.15, 0.2) is 0 Å². The molecule has 0 amide bonds. The molecule has 0 radical (unpaired) electrons. The van der Waals surface area contributed by atoms with Gasteiger partial charge in [0.25, 0.3) is 0 Å². The Hall–Kier alpha value is -0.290. The van der Waals surface area contributed by atoms with E-state index >= 15 is 0 Å². The van der Waals surface area contributed by atoms with Crippen molar-refractivity contribution in [3.8, 4) is 0 Å². The van der Waals surface area contributed by atoms with Gasteiger partial charge in [-0.05, 0) is 18.8 Å². The molecule has 1 N–H and O–H groups in total. The molecule has 0 aromatic rings. The van der Waals surface area contributed by atoms with E-state index in [0.29, 0.717) is 18.4 Å². The lowest BCUT2D eigenvalue weighted by molar-refractivity contribution is -0.125. The molecule has 0 saturated carbocycles. The smallest absolute Gasteiger partial charge is 0.307 e. The summed E-state index contributed by atoms with van der Waals surface area (Å²) < 4.78 is 36.2. The monoisotopic (exact) mass is 268 g/mol. The summed E-state index contributed by atoms with van der Waals surface area (Å²) in [5.74, 6) is 1.04. The fourth-order valence-corrected chi connectivity index (χ4v) is 1.92. The molecule has 0 aromatic carbocycles. The lowest BCUT2D eigenvalue weighted by Gasteiger charge is -2.32. The zero-order valence-electron chi connectivity index (χ0n) is 12.1. The van der Waals surface area contributed by atoms with Crippen LogP contribution >= 0.6 is 0 Å². The Morgan fingerprint density at radius 2 is 1.39 bits per heavy atom. The van der Waals surface area contributed by atoms with Gasteiger partial charge < -0.3 is 5.32 Å². The van der Waals surface area contributed by atoms with Crippen LogP contribution in [0.4, 0.5) is 13.2 Å². The third-order valence-corrected chi connectivity index (χ3v) is 2.59. The van der Waals surface area contributed by atoms with E-state index in [1.165, 1.54) is 0 Å². The van der Waals surface area contributed by atoms with E-state index in [1.54, 1.807) is 0 Å². The highest BCUT2D eigenvalue weighted by atomic mass is 19.4. The van der Waals surface area contributed by atoms with Crippen molar-refractivity contribution in [3.63, 3.8) is 0 Å². The topological polar surface area (TPSA) is 15.3 Å². The van der Waals surface area contributed by atoms with Crippen molar-refractivity contribution in [1.82, 2.24) is 10.2 Å². The van der Waals surface area contributed by atoms with Crippen LogP contribution < -0.4 is 5.32 Å². The Bertz CT molecular complexity index is 205. The summed E-state index contributed by atoms with van der Waals surface area (Å²) in [5.41, 5.74) is 0. The molecule has 0 heterocycles. The van der Waals surface area contributed by atoms with Gasteiger partial charge in [-0.15, -0.1) is 0 Å². The van der Waals surface area contributed by atoms with Crippen LogP contribution in [0.5, 0.6) is 0 Å². The molecule has 0 aliphatic rings. The Balaban J connectivity index is 4.15. The Kier molecular flexibility index (Phi) is 7.87. The van der Waals surface area contributed by atoms with Crippen molar-refractivity contribution in [1.29, 1.82) is 0 Å². The van der Waals surface area contributed by atoms with Gasteiger partial charge in [0, 0.05) is 25.7 Å². The van der Waals surface area contributed by atoms with Crippen LogP contribution in [0, 0.1) is 11.8 Å². The average Bonchev–Trinajstić information content (AvgIpc) is 2.12. The van der Waals surface area contributed by atoms with Crippen molar-refractivity contribution < 1.29 is 13.2 Å². The Morgan fingerprint density at radius 1 is 0.944 bits per heavy atom. The van der Waals surface area contributed by atoms with Gasteiger partial charge in [-0.2, -0.15) is 13.2 Å². The molecule has 110 valence electrons. The summed E-state index contributed by atoms with van der Waals surface area (Å²) in [6.07, 6.45) is -4.12.